The number of ether oxygens (including phenoxy) is 1. The zero-order valence-corrected chi connectivity index (χ0v) is 20.4. The van der Waals surface area contributed by atoms with Gasteiger partial charge in [-0.05, 0) is 56.2 Å². The van der Waals surface area contributed by atoms with E-state index in [9.17, 15) is 4.79 Å². The Morgan fingerprint density at radius 2 is 1.94 bits per heavy atom. The molecule has 0 aliphatic carbocycles. The Bertz CT molecular complexity index is 1110. The van der Waals surface area contributed by atoms with Gasteiger partial charge in [0.05, 0.1) is 10.8 Å². The van der Waals surface area contributed by atoms with E-state index in [4.69, 9.17) is 27.9 Å². The van der Waals surface area contributed by atoms with Gasteiger partial charge in [0.2, 0.25) is 5.91 Å². The van der Waals surface area contributed by atoms with E-state index in [1.54, 1.807) is 24.3 Å². The summed E-state index contributed by atoms with van der Waals surface area (Å²) in [5, 5.41) is 13.0. The van der Waals surface area contributed by atoms with Gasteiger partial charge < -0.3 is 10.1 Å². The summed E-state index contributed by atoms with van der Waals surface area (Å²) in [7, 11) is 0. The van der Waals surface area contributed by atoms with Gasteiger partial charge in [0.15, 0.2) is 17.1 Å². The maximum absolute atomic E-state index is 12.5. The van der Waals surface area contributed by atoms with Crippen LogP contribution in [0, 0.1) is 13.8 Å². The average Bonchev–Trinajstić information content (AvgIpc) is 3.11. The molecule has 0 aliphatic rings. The van der Waals surface area contributed by atoms with Gasteiger partial charge in [0.1, 0.15) is 5.75 Å². The number of halogens is 2. The van der Waals surface area contributed by atoms with Crippen LogP contribution in [0.1, 0.15) is 30.0 Å². The molecule has 1 N–H and O–H groups in total. The van der Waals surface area contributed by atoms with Crippen LogP contribution in [0.5, 0.6) is 5.75 Å². The zero-order valence-electron chi connectivity index (χ0n) is 18.1. The first kappa shape index (κ1) is 24.2. The third kappa shape index (κ3) is 6.28. The lowest BCUT2D eigenvalue weighted by Crippen LogP contribution is -2.15. The van der Waals surface area contributed by atoms with Crippen molar-refractivity contribution in [1.29, 1.82) is 0 Å². The van der Waals surface area contributed by atoms with Crippen molar-refractivity contribution in [3.8, 4) is 5.75 Å². The van der Waals surface area contributed by atoms with Crippen LogP contribution >= 0.6 is 35.0 Å². The number of aryl methyl sites for hydroxylation is 2. The number of carbonyl (C=O) groups is 1. The topological polar surface area (TPSA) is 69.0 Å². The number of benzene rings is 2. The van der Waals surface area contributed by atoms with Crippen molar-refractivity contribution in [3.05, 3.63) is 76.0 Å². The molecule has 32 heavy (non-hydrogen) atoms. The van der Waals surface area contributed by atoms with Gasteiger partial charge in [-0.25, -0.2) is 0 Å². The van der Waals surface area contributed by atoms with E-state index in [1.807, 2.05) is 37.5 Å². The first-order valence-electron chi connectivity index (χ1n) is 9.93. The van der Waals surface area contributed by atoms with E-state index in [-0.39, 0.29) is 11.7 Å². The van der Waals surface area contributed by atoms with E-state index in [0.29, 0.717) is 33.3 Å². The molecule has 168 valence electrons. The number of aromatic nitrogens is 3. The van der Waals surface area contributed by atoms with Crippen molar-refractivity contribution < 1.29 is 9.53 Å². The van der Waals surface area contributed by atoms with Crippen LogP contribution in [0.3, 0.4) is 0 Å². The smallest absolute Gasteiger partial charge is 0.234 e. The summed E-state index contributed by atoms with van der Waals surface area (Å²) in [6.45, 7) is 10.1. The normalized spacial score (nSPS) is 11.8. The third-order valence-electron chi connectivity index (χ3n) is 4.46. The Morgan fingerprint density at radius 1 is 1.22 bits per heavy atom. The van der Waals surface area contributed by atoms with Crippen LogP contribution in [-0.2, 0) is 11.3 Å². The van der Waals surface area contributed by atoms with Crippen molar-refractivity contribution >= 4 is 46.6 Å². The highest BCUT2D eigenvalue weighted by Crippen LogP contribution is 2.32. The first-order valence-corrected chi connectivity index (χ1v) is 11.7. The summed E-state index contributed by atoms with van der Waals surface area (Å²) in [6.07, 6.45) is 1.29. The number of carbonyl (C=O) groups excluding carboxylic acids is 1. The van der Waals surface area contributed by atoms with E-state index >= 15 is 0 Å². The zero-order chi connectivity index (χ0) is 23.3. The maximum Gasteiger partial charge on any atom is 0.234 e. The molecule has 0 aliphatic heterocycles. The van der Waals surface area contributed by atoms with E-state index in [1.165, 1.54) is 11.8 Å². The summed E-state index contributed by atoms with van der Waals surface area (Å²) in [5.74, 6) is 1.13. The van der Waals surface area contributed by atoms with Gasteiger partial charge in [-0.3, -0.25) is 9.36 Å². The molecule has 3 rings (SSSR count). The maximum atomic E-state index is 12.5. The van der Waals surface area contributed by atoms with Gasteiger partial charge in [-0.15, -0.1) is 16.8 Å². The molecule has 1 unspecified atom stereocenters. The molecule has 0 radical (unpaired) electrons. The van der Waals surface area contributed by atoms with Gasteiger partial charge in [-0.2, -0.15) is 0 Å². The lowest BCUT2D eigenvalue weighted by molar-refractivity contribution is -0.113. The largest absolute Gasteiger partial charge is 0.481 e. The standard InChI is InChI=1S/C23H24Cl2N4O2S/c1-5-8-29-22(16(4)31-20-12-17(24)6-7-19(20)25)27-28-23(29)32-13-21(30)26-18-10-14(2)9-15(3)11-18/h5-7,9-12,16H,1,8,13H2,2-4H3,(H,26,30). The molecule has 3 aromatic rings. The predicted molar refractivity (Wildman–Crippen MR) is 131 cm³/mol. The number of amides is 1. The van der Waals surface area contributed by atoms with Crippen molar-refractivity contribution in [2.75, 3.05) is 11.1 Å². The number of nitrogens with one attached hydrogen (secondary N) is 1. The van der Waals surface area contributed by atoms with E-state index in [0.717, 1.165) is 16.8 Å². The number of nitrogens with zero attached hydrogens (tertiary/aromatic N) is 3. The molecule has 6 nitrogen and oxygen atoms in total. The molecule has 1 amide bonds. The number of allylic oxidation sites excluding steroid dienone is 1. The van der Waals surface area contributed by atoms with Crippen LogP contribution < -0.4 is 10.1 Å². The molecule has 0 fully saturated rings. The van der Waals surface area contributed by atoms with Gasteiger partial charge in [-0.1, -0.05) is 47.1 Å². The minimum atomic E-state index is -0.447. The highest BCUT2D eigenvalue weighted by atomic mass is 35.5. The van der Waals surface area contributed by atoms with Crippen molar-refractivity contribution in [2.45, 2.75) is 38.6 Å². The fourth-order valence-corrected chi connectivity index (χ4v) is 4.27. The van der Waals surface area contributed by atoms with Crippen LogP contribution in [-0.4, -0.2) is 26.4 Å². The Balaban J connectivity index is 1.70. The highest BCUT2D eigenvalue weighted by Gasteiger charge is 2.20. The molecule has 1 aromatic heterocycles. The average molecular weight is 491 g/mol. The number of anilines is 1. The summed E-state index contributed by atoms with van der Waals surface area (Å²) in [5.41, 5.74) is 2.97. The van der Waals surface area contributed by atoms with E-state index < -0.39 is 6.10 Å². The number of hydrogen-bond acceptors (Lipinski definition) is 5. The number of rotatable bonds is 9. The molecular weight excluding hydrogens is 467 g/mol. The molecule has 0 bridgehead atoms. The second-order valence-corrected chi connectivity index (χ2v) is 9.07. The highest BCUT2D eigenvalue weighted by molar-refractivity contribution is 7.99. The van der Waals surface area contributed by atoms with Crippen molar-refractivity contribution in [3.63, 3.8) is 0 Å². The summed E-state index contributed by atoms with van der Waals surface area (Å²) in [4.78, 5) is 12.5. The molecule has 1 atom stereocenters. The van der Waals surface area contributed by atoms with Crippen molar-refractivity contribution in [2.24, 2.45) is 0 Å². The first-order chi connectivity index (χ1) is 15.3. The van der Waals surface area contributed by atoms with Crippen LogP contribution in [0.4, 0.5) is 5.69 Å². The van der Waals surface area contributed by atoms with Gasteiger partial charge in [0.25, 0.3) is 0 Å². The Morgan fingerprint density at radius 3 is 2.62 bits per heavy atom. The third-order valence-corrected chi connectivity index (χ3v) is 5.97. The molecule has 2 aromatic carbocycles. The fourth-order valence-electron chi connectivity index (χ4n) is 3.19. The van der Waals surface area contributed by atoms with E-state index in [2.05, 4.69) is 28.2 Å². The lowest BCUT2D eigenvalue weighted by atomic mass is 10.1. The molecule has 9 heteroatoms. The minimum absolute atomic E-state index is 0.121. The number of thioether (sulfide) groups is 1. The van der Waals surface area contributed by atoms with Gasteiger partial charge >= 0.3 is 0 Å². The molecule has 0 saturated carbocycles. The van der Waals surface area contributed by atoms with Crippen molar-refractivity contribution in [1.82, 2.24) is 14.8 Å². The molecular formula is C23H24Cl2N4O2S. The SMILES string of the molecule is C=CCn1c(SCC(=O)Nc2cc(C)cc(C)c2)nnc1C(C)Oc1cc(Cl)ccc1Cl. The Labute approximate surface area is 202 Å². The predicted octanol–water partition coefficient (Wildman–Crippen LogP) is 6.26. The second kappa shape index (κ2) is 10.9. The van der Waals surface area contributed by atoms with Gasteiger partial charge in [0, 0.05) is 23.3 Å². The minimum Gasteiger partial charge on any atom is -0.481 e. The summed E-state index contributed by atoms with van der Waals surface area (Å²) in [6, 6.07) is 11.0. The summed E-state index contributed by atoms with van der Waals surface area (Å²) < 4.78 is 7.84. The molecule has 0 spiro atoms. The number of hydrogen-bond donors (Lipinski definition) is 1. The van der Waals surface area contributed by atoms with Crippen LogP contribution in [0.15, 0.2) is 54.2 Å². The quantitative estimate of drug-likeness (QED) is 0.283. The monoisotopic (exact) mass is 490 g/mol. The molecule has 0 saturated heterocycles. The lowest BCUT2D eigenvalue weighted by Gasteiger charge is -2.16. The van der Waals surface area contributed by atoms with Crippen LogP contribution in [0.2, 0.25) is 10.0 Å². The molecule has 1 heterocycles. The van der Waals surface area contributed by atoms with Crippen LogP contribution in [0.25, 0.3) is 0 Å². The fraction of sp³-hybridized carbons (Fsp3) is 0.261. The summed E-state index contributed by atoms with van der Waals surface area (Å²) >= 11 is 13.6. The second-order valence-electron chi connectivity index (χ2n) is 7.29. The Kier molecular flexibility index (Phi) is 8.23. The Hall–Kier alpha value is -2.48.